The molecule has 1 aliphatic rings. The third kappa shape index (κ3) is 5.40. The lowest BCUT2D eigenvalue weighted by Crippen LogP contribution is -2.39. The van der Waals surface area contributed by atoms with E-state index in [2.05, 4.69) is 5.10 Å². The van der Waals surface area contributed by atoms with Crippen LogP contribution < -0.4 is 14.2 Å². The normalized spacial score (nSPS) is 14.7. The lowest BCUT2D eigenvalue weighted by atomic mass is 9.98. The number of rotatable bonds is 8. The molecule has 3 aromatic carbocycles. The number of hydrogen-bond acceptors (Lipinski definition) is 6. The molecule has 0 aromatic heterocycles. The number of carbonyl (C=O) groups is 2. The van der Waals surface area contributed by atoms with Crippen molar-refractivity contribution in [1.29, 1.82) is 0 Å². The first kappa shape index (κ1) is 25.7. The summed E-state index contributed by atoms with van der Waals surface area (Å²) in [6.07, 6.45) is 0.443. The zero-order chi connectivity index (χ0) is 26.5. The smallest absolute Gasteiger partial charge is 0.262 e. The van der Waals surface area contributed by atoms with E-state index in [0.29, 0.717) is 29.4 Å². The number of nitrogens with zero attached hydrogens (tertiary/aromatic N) is 3. The summed E-state index contributed by atoms with van der Waals surface area (Å²) in [4.78, 5) is 27.5. The molecule has 4 rings (SSSR count). The van der Waals surface area contributed by atoms with Gasteiger partial charge in [0.15, 0.2) is 11.5 Å². The summed E-state index contributed by atoms with van der Waals surface area (Å²) in [5.41, 5.74) is 2.25. The predicted octanol–water partition coefficient (Wildman–Crippen LogP) is 4.30. The van der Waals surface area contributed by atoms with Crippen molar-refractivity contribution < 1.29 is 28.2 Å². The Hall–Kier alpha value is -4.40. The van der Waals surface area contributed by atoms with Gasteiger partial charge in [0.2, 0.25) is 0 Å². The fourth-order valence-corrected chi connectivity index (χ4v) is 4.21. The maximum absolute atomic E-state index is 14.2. The molecular formula is C28H28FN3O5. The highest BCUT2D eigenvalue weighted by molar-refractivity contribution is 6.04. The Labute approximate surface area is 214 Å². The molecule has 0 fully saturated rings. The second kappa shape index (κ2) is 11.1. The van der Waals surface area contributed by atoms with Gasteiger partial charge in [-0.15, -0.1) is 0 Å². The van der Waals surface area contributed by atoms with Gasteiger partial charge >= 0.3 is 0 Å². The molecule has 3 aromatic rings. The standard InChI is InChI=1S/C28H28FN3O5/c1-31(28(34)21-7-5-6-8-22(21)29)17-27(33)32-24(19-11-14-25(36-3)26(15-19)37-4)16-23(30-32)18-9-12-20(35-2)13-10-18/h5-15,24H,16-17H2,1-4H3/t24-/m0/s1. The number of carbonyl (C=O) groups excluding carboxylic acids is 2. The highest BCUT2D eigenvalue weighted by atomic mass is 19.1. The average molecular weight is 506 g/mol. The molecule has 1 aliphatic heterocycles. The molecule has 9 heteroatoms. The molecule has 2 amide bonds. The van der Waals surface area contributed by atoms with E-state index in [1.54, 1.807) is 33.5 Å². The van der Waals surface area contributed by atoms with E-state index in [0.717, 1.165) is 11.1 Å². The Bertz CT molecular complexity index is 1330. The Morgan fingerprint density at radius 3 is 2.32 bits per heavy atom. The van der Waals surface area contributed by atoms with Gasteiger partial charge in [-0.3, -0.25) is 9.59 Å². The van der Waals surface area contributed by atoms with Crippen LogP contribution in [-0.4, -0.2) is 62.4 Å². The molecule has 37 heavy (non-hydrogen) atoms. The first-order valence-electron chi connectivity index (χ1n) is 11.6. The number of hydrogen-bond donors (Lipinski definition) is 0. The number of benzene rings is 3. The summed E-state index contributed by atoms with van der Waals surface area (Å²) in [7, 11) is 6.15. The molecule has 0 N–H and O–H groups in total. The van der Waals surface area contributed by atoms with Crippen molar-refractivity contribution >= 4 is 17.5 Å². The zero-order valence-corrected chi connectivity index (χ0v) is 21.1. The number of halogens is 1. The third-order valence-electron chi connectivity index (χ3n) is 6.20. The van der Waals surface area contributed by atoms with Gasteiger partial charge in [-0.1, -0.05) is 18.2 Å². The van der Waals surface area contributed by atoms with Crippen LogP contribution in [0.3, 0.4) is 0 Å². The number of methoxy groups -OCH3 is 3. The Balaban J connectivity index is 1.64. The van der Waals surface area contributed by atoms with Crippen molar-refractivity contribution in [1.82, 2.24) is 9.91 Å². The van der Waals surface area contributed by atoms with Gasteiger partial charge in [0.05, 0.1) is 38.6 Å². The number of amides is 2. The molecule has 0 saturated carbocycles. The highest BCUT2D eigenvalue weighted by Crippen LogP contribution is 2.37. The molecule has 1 atom stereocenters. The quantitative estimate of drug-likeness (QED) is 0.456. The lowest BCUT2D eigenvalue weighted by molar-refractivity contribution is -0.133. The maximum atomic E-state index is 14.2. The Kier molecular flexibility index (Phi) is 7.71. The van der Waals surface area contributed by atoms with Gasteiger partial charge in [0.1, 0.15) is 18.1 Å². The van der Waals surface area contributed by atoms with Crippen LogP contribution in [0.1, 0.15) is 33.9 Å². The summed E-state index contributed by atoms with van der Waals surface area (Å²) in [5.74, 6) is 0.157. The van der Waals surface area contributed by atoms with Crippen LogP contribution in [0, 0.1) is 5.82 Å². The molecule has 0 saturated heterocycles. The molecule has 0 aliphatic carbocycles. The molecule has 0 unspecified atom stereocenters. The molecule has 0 bridgehead atoms. The lowest BCUT2D eigenvalue weighted by Gasteiger charge is -2.25. The fourth-order valence-electron chi connectivity index (χ4n) is 4.21. The largest absolute Gasteiger partial charge is 0.497 e. The van der Waals surface area contributed by atoms with Crippen molar-refractivity contribution in [2.75, 3.05) is 34.9 Å². The van der Waals surface area contributed by atoms with Crippen LogP contribution in [-0.2, 0) is 4.79 Å². The average Bonchev–Trinajstić information content (AvgIpc) is 3.38. The molecule has 0 radical (unpaired) electrons. The number of hydrazone groups is 1. The van der Waals surface area contributed by atoms with E-state index in [1.165, 1.54) is 35.2 Å². The fraction of sp³-hybridized carbons (Fsp3) is 0.250. The molecule has 8 nitrogen and oxygen atoms in total. The maximum Gasteiger partial charge on any atom is 0.262 e. The summed E-state index contributed by atoms with van der Waals surface area (Å²) in [6.45, 7) is -0.281. The van der Waals surface area contributed by atoms with Crippen LogP contribution in [0.4, 0.5) is 4.39 Å². The van der Waals surface area contributed by atoms with Crippen molar-refractivity contribution in [2.45, 2.75) is 12.5 Å². The second-order valence-electron chi connectivity index (χ2n) is 8.49. The SMILES string of the molecule is COc1ccc(C2=NN(C(=O)CN(C)C(=O)c3ccccc3F)[C@H](c3ccc(OC)c(OC)c3)C2)cc1. The molecule has 0 spiro atoms. The first-order chi connectivity index (χ1) is 17.9. The highest BCUT2D eigenvalue weighted by Gasteiger charge is 2.34. The second-order valence-corrected chi connectivity index (χ2v) is 8.49. The minimum atomic E-state index is -0.643. The van der Waals surface area contributed by atoms with E-state index in [-0.39, 0.29) is 12.1 Å². The summed E-state index contributed by atoms with van der Waals surface area (Å²) < 4.78 is 30.2. The topological polar surface area (TPSA) is 80.7 Å². The third-order valence-corrected chi connectivity index (χ3v) is 6.20. The first-order valence-corrected chi connectivity index (χ1v) is 11.6. The van der Waals surface area contributed by atoms with Crippen LogP contribution in [0.2, 0.25) is 0 Å². The summed E-state index contributed by atoms with van der Waals surface area (Å²) in [5, 5.41) is 6.03. The van der Waals surface area contributed by atoms with E-state index in [1.807, 2.05) is 36.4 Å². The van der Waals surface area contributed by atoms with E-state index >= 15 is 0 Å². The number of likely N-dealkylation sites (N-methyl/N-ethyl adjacent to an activating group) is 1. The summed E-state index contributed by atoms with van der Waals surface area (Å²) >= 11 is 0. The predicted molar refractivity (Wildman–Crippen MR) is 137 cm³/mol. The van der Waals surface area contributed by atoms with Gasteiger partial charge in [0, 0.05) is 13.5 Å². The summed E-state index contributed by atoms with van der Waals surface area (Å²) in [6, 6.07) is 18.1. The van der Waals surface area contributed by atoms with Gasteiger partial charge in [-0.05, 0) is 59.7 Å². The van der Waals surface area contributed by atoms with Crippen molar-refractivity contribution in [2.24, 2.45) is 5.10 Å². The van der Waals surface area contributed by atoms with Crippen molar-refractivity contribution in [3.8, 4) is 17.2 Å². The van der Waals surface area contributed by atoms with Crippen LogP contribution in [0.25, 0.3) is 0 Å². The monoisotopic (exact) mass is 505 g/mol. The number of ether oxygens (including phenoxy) is 3. The zero-order valence-electron chi connectivity index (χ0n) is 21.1. The van der Waals surface area contributed by atoms with Crippen molar-refractivity contribution in [3.05, 3.63) is 89.2 Å². The molecule has 1 heterocycles. The van der Waals surface area contributed by atoms with E-state index < -0.39 is 23.7 Å². The molecular weight excluding hydrogens is 477 g/mol. The van der Waals surface area contributed by atoms with Gasteiger partial charge < -0.3 is 19.1 Å². The van der Waals surface area contributed by atoms with Crippen molar-refractivity contribution in [3.63, 3.8) is 0 Å². The van der Waals surface area contributed by atoms with Crippen LogP contribution in [0.15, 0.2) is 71.8 Å². The van der Waals surface area contributed by atoms with Gasteiger partial charge in [-0.25, -0.2) is 9.40 Å². The Morgan fingerprint density at radius 1 is 0.973 bits per heavy atom. The minimum absolute atomic E-state index is 0.0990. The van der Waals surface area contributed by atoms with E-state index in [4.69, 9.17) is 14.2 Å². The Morgan fingerprint density at radius 2 is 1.68 bits per heavy atom. The van der Waals surface area contributed by atoms with Crippen LogP contribution >= 0.6 is 0 Å². The van der Waals surface area contributed by atoms with Crippen LogP contribution in [0.5, 0.6) is 17.2 Å². The van der Waals surface area contributed by atoms with Gasteiger partial charge in [0.25, 0.3) is 11.8 Å². The van der Waals surface area contributed by atoms with Gasteiger partial charge in [-0.2, -0.15) is 5.10 Å². The molecule has 192 valence electrons. The minimum Gasteiger partial charge on any atom is -0.497 e. The van der Waals surface area contributed by atoms with E-state index in [9.17, 15) is 14.0 Å².